The number of hydrogen-bond donors (Lipinski definition) is 1. The molecule has 1 aromatic carbocycles. The summed E-state index contributed by atoms with van der Waals surface area (Å²) < 4.78 is 0. The minimum atomic E-state index is 0. The van der Waals surface area contributed by atoms with Crippen LogP contribution < -0.4 is 5.32 Å². The van der Waals surface area contributed by atoms with E-state index in [1.807, 2.05) is 38.1 Å². The predicted molar refractivity (Wildman–Crippen MR) is 66.0 cm³/mol. The minimum absolute atomic E-state index is 0. The van der Waals surface area contributed by atoms with Crippen molar-refractivity contribution in [2.24, 2.45) is 0 Å². The molecule has 0 atom stereocenters. The van der Waals surface area contributed by atoms with Gasteiger partial charge in [0.15, 0.2) is 5.78 Å². The largest absolute Gasteiger partial charge is 0.359 e. The van der Waals surface area contributed by atoms with Gasteiger partial charge in [-0.05, 0) is 39.0 Å². The highest BCUT2D eigenvalue weighted by Gasteiger charge is 1.93. The number of rotatable bonds is 3. The maximum absolute atomic E-state index is 10.8. The fraction of sp³-hybridized carbons (Fsp3) is 0.308. The van der Waals surface area contributed by atoms with E-state index < -0.39 is 0 Å². The molecule has 1 N–H and O–H groups in total. The molecule has 0 heterocycles. The first kappa shape index (κ1) is 13.4. The van der Waals surface area contributed by atoms with Crippen LogP contribution in [0.1, 0.15) is 26.8 Å². The van der Waals surface area contributed by atoms with Gasteiger partial charge in [0.25, 0.3) is 0 Å². The molecular formula is C13H19NO. The van der Waals surface area contributed by atoms with Crippen molar-refractivity contribution in [3.63, 3.8) is 0 Å². The Morgan fingerprint density at radius 2 is 1.73 bits per heavy atom. The zero-order valence-corrected chi connectivity index (χ0v) is 8.79. The van der Waals surface area contributed by atoms with Gasteiger partial charge >= 0.3 is 0 Å². The fourth-order valence-corrected chi connectivity index (χ4v) is 1.21. The molecule has 0 aliphatic rings. The quantitative estimate of drug-likeness (QED) is 0.765. The second-order valence-electron chi connectivity index (χ2n) is 3.43. The minimum Gasteiger partial charge on any atom is -0.359 e. The van der Waals surface area contributed by atoms with Crippen molar-refractivity contribution in [1.82, 2.24) is 0 Å². The second-order valence-corrected chi connectivity index (χ2v) is 3.43. The summed E-state index contributed by atoms with van der Waals surface area (Å²) in [6.45, 7) is 5.46. The molecular weight excluding hydrogens is 186 g/mol. The first-order chi connectivity index (χ1) is 6.58. The highest BCUT2D eigenvalue weighted by molar-refractivity contribution is 5.88. The summed E-state index contributed by atoms with van der Waals surface area (Å²) in [7, 11) is 0. The van der Waals surface area contributed by atoms with E-state index in [2.05, 4.69) is 5.32 Å². The monoisotopic (exact) mass is 205 g/mol. The Kier molecular flexibility index (Phi) is 5.39. The highest BCUT2D eigenvalue weighted by Crippen LogP contribution is 2.10. The summed E-state index contributed by atoms with van der Waals surface area (Å²) in [4.78, 5) is 10.8. The average molecular weight is 205 g/mol. The molecule has 0 aromatic heterocycles. The molecule has 1 rings (SSSR count). The Morgan fingerprint density at radius 1 is 1.20 bits per heavy atom. The summed E-state index contributed by atoms with van der Waals surface area (Å²) in [5.74, 6) is 0.0575. The van der Waals surface area contributed by atoms with E-state index >= 15 is 0 Å². The van der Waals surface area contributed by atoms with Gasteiger partial charge in [0.1, 0.15) is 0 Å². The summed E-state index contributed by atoms with van der Waals surface area (Å²) in [5.41, 5.74) is 3.09. The number of benzene rings is 1. The number of carbonyl (C=O) groups is 1. The summed E-state index contributed by atoms with van der Waals surface area (Å²) in [6, 6.07) is 8.05. The van der Waals surface area contributed by atoms with Crippen LogP contribution in [0, 0.1) is 6.92 Å². The van der Waals surface area contributed by atoms with Crippen molar-refractivity contribution >= 4 is 11.5 Å². The Morgan fingerprint density at radius 3 is 2.20 bits per heavy atom. The smallest absolute Gasteiger partial charge is 0.154 e. The summed E-state index contributed by atoms with van der Waals surface area (Å²) >= 11 is 0. The SMILES string of the molecule is C.CC(=O)/C=C(/C)Nc1ccc(C)cc1. The first-order valence-electron chi connectivity index (χ1n) is 4.60. The number of anilines is 1. The van der Waals surface area contributed by atoms with Crippen molar-refractivity contribution in [2.45, 2.75) is 28.2 Å². The number of allylic oxidation sites excluding steroid dienone is 2. The van der Waals surface area contributed by atoms with Crippen LogP contribution in [-0.2, 0) is 4.79 Å². The van der Waals surface area contributed by atoms with Crippen LogP contribution in [0.15, 0.2) is 36.0 Å². The van der Waals surface area contributed by atoms with Gasteiger partial charge in [-0.15, -0.1) is 0 Å². The number of hydrogen-bond acceptors (Lipinski definition) is 2. The molecule has 82 valence electrons. The lowest BCUT2D eigenvalue weighted by Crippen LogP contribution is -1.97. The van der Waals surface area contributed by atoms with Crippen LogP contribution in [-0.4, -0.2) is 5.78 Å². The van der Waals surface area contributed by atoms with Crippen LogP contribution >= 0.6 is 0 Å². The van der Waals surface area contributed by atoms with E-state index in [0.717, 1.165) is 11.4 Å². The molecule has 0 aliphatic carbocycles. The number of carbonyl (C=O) groups excluding carboxylic acids is 1. The van der Waals surface area contributed by atoms with Crippen LogP contribution in [0.25, 0.3) is 0 Å². The molecule has 0 aliphatic heterocycles. The predicted octanol–water partition coefficient (Wildman–Crippen LogP) is 3.54. The van der Waals surface area contributed by atoms with Gasteiger partial charge in [-0.25, -0.2) is 0 Å². The number of ketones is 1. The van der Waals surface area contributed by atoms with Crippen molar-refractivity contribution in [3.8, 4) is 0 Å². The van der Waals surface area contributed by atoms with Gasteiger partial charge in [0.2, 0.25) is 0 Å². The van der Waals surface area contributed by atoms with Crippen LogP contribution in [0.3, 0.4) is 0 Å². The third-order valence-electron chi connectivity index (χ3n) is 1.81. The molecule has 0 saturated carbocycles. The van der Waals surface area contributed by atoms with Crippen molar-refractivity contribution in [1.29, 1.82) is 0 Å². The van der Waals surface area contributed by atoms with E-state index in [9.17, 15) is 4.79 Å². The molecule has 0 unspecified atom stereocenters. The maximum Gasteiger partial charge on any atom is 0.154 e. The number of aryl methyl sites for hydroxylation is 1. The molecule has 0 spiro atoms. The van der Waals surface area contributed by atoms with E-state index in [0.29, 0.717) is 0 Å². The van der Waals surface area contributed by atoms with Gasteiger partial charge in [-0.2, -0.15) is 0 Å². The van der Waals surface area contributed by atoms with Crippen LogP contribution in [0.2, 0.25) is 0 Å². The van der Waals surface area contributed by atoms with E-state index in [-0.39, 0.29) is 13.2 Å². The van der Waals surface area contributed by atoms with Gasteiger partial charge in [-0.1, -0.05) is 25.1 Å². The molecule has 2 heteroatoms. The van der Waals surface area contributed by atoms with Crippen molar-refractivity contribution in [2.75, 3.05) is 5.32 Å². The van der Waals surface area contributed by atoms with Crippen molar-refractivity contribution < 1.29 is 4.79 Å². The Bertz CT molecular complexity index is 349. The lowest BCUT2D eigenvalue weighted by molar-refractivity contribution is -0.112. The first-order valence-corrected chi connectivity index (χ1v) is 4.60. The van der Waals surface area contributed by atoms with Gasteiger partial charge < -0.3 is 5.32 Å². The molecule has 0 radical (unpaired) electrons. The van der Waals surface area contributed by atoms with Gasteiger partial charge in [0, 0.05) is 11.4 Å². The van der Waals surface area contributed by atoms with E-state index in [1.165, 1.54) is 5.56 Å². The molecule has 1 aromatic rings. The lowest BCUT2D eigenvalue weighted by Gasteiger charge is -2.05. The summed E-state index contributed by atoms with van der Waals surface area (Å²) in [5, 5.41) is 3.14. The van der Waals surface area contributed by atoms with E-state index in [1.54, 1.807) is 13.0 Å². The molecule has 0 fully saturated rings. The third-order valence-corrected chi connectivity index (χ3v) is 1.81. The molecule has 2 nitrogen and oxygen atoms in total. The summed E-state index contributed by atoms with van der Waals surface area (Å²) in [6.07, 6.45) is 1.58. The molecule has 0 saturated heterocycles. The van der Waals surface area contributed by atoms with Crippen LogP contribution in [0.4, 0.5) is 5.69 Å². The van der Waals surface area contributed by atoms with E-state index in [4.69, 9.17) is 0 Å². The lowest BCUT2D eigenvalue weighted by atomic mass is 10.2. The van der Waals surface area contributed by atoms with Gasteiger partial charge in [-0.3, -0.25) is 4.79 Å². The van der Waals surface area contributed by atoms with Gasteiger partial charge in [0.05, 0.1) is 0 Å². The topological polar surface area (TPSA) is 29.1 Å². The molecule has 15 heavy (non-hydrogen) atoms. The fourth-order valence-electron chi connectivity index (χ4n) is 1.21. The maximum atomic E-state index is 10.8. The van der Waals surface area contributed by atoms with Crippen LogP contribution in [0.5, 0.6) is 0 Å². The Balaban J connectivity index is 0.00000196. The second kappa shape index (κ2) is 6.02. The Labute approximate surface area is 92.0 Å². The third kappa shape index (κ3) is 5.01. The molecule has 0 amide bonds. The Hall–Kier alpha value is -1.57. The molecule has 0 bridgehead atoms. The zero-order chi connectivity index (χ0) is 10.6. The average Bonchev–Trinajstić information content (AvgIpc) is 2.07. The zero-order valence-electron chi connectivity index (χ0n) is 8.79. The standard InChI is InChI=1S/C12H15NO.CH4/c1-9-4-6-12(7-5-9)13-10(2)8-11(3)14;/h4-8,13H,1-3H3;1H4/b10-8-;. The normalized spacial score (nSPS) is 10.5. The highest BCUT2D eigenvalue weighted by atomic mass is 16.1. The number of nitrogens with one attached hydrogen (secondary N) is 1. The van der Waals surface area contributed by atoms with Crippen molar-refractivity contribution in [3.05, 3.63) is 41.6 Å².